The van der Waals surface area contributed by atoms with Gasteiger partial charge in [-0.3, -0.25) is 9.48 Å². The summed E-state index contributed by atoms with van der Waals surface area (Å²) < 4.78 is 6.88. The van der Waals surface area contributed by atoms with Gasteiger partial charge in [0.15, 0.2) is 0 Å². The van der Waals surface area contributed by atoms with Crippen LogP contribution in [0.15, 0.2) is 10.6 Å². The van der Waals surface area contributed by atoms with Gasteiger partial charge in [0.25, 0.3) is 5.91 Å². The van der Waals surface area contributed by atoms with Crippen LogP contribution < -0.4 is 5.32 Å². The predicted octanol–water partition coefficient (Wildman–Crippen LogP) is 2.06. The molecule has 2 rings (SSSR count). The molecule has 0 atom stereocenters. The van der Waals surface area contributed by atoms with Gasteiger partial charge in [0.2, 0.25) is 0 Å². The second-order valence-corrected chi connectivity index (χ2v) is 4.31. The van der Waals surface area contributed by atoms with Crippen molar-refractivity contribution in [3.8, 4) is 6.07 Å². The Morgan fingerprint density at radius 1 is 1.42 bits per heavy atom. The molecule has 0 saturated heterocycles. The Labute approximate surface area is 110 Å². The lowest BCUT2D eigenvalue weighted by Crippen LogP contribution is -2.16. The van der Waals surface area contributed by atoms with Gasteiger partial charge in [-0.25, -0.2) is 0 Å². The summed E-state index contributed by atoms with van der Waals surface area (Å²) in [6, 6.07) is 1.99. The van der Waals surface area contributed by atoms with E-state index in [2.05, 4.69) is 10.4 Å². The zero-order valence-corrected chi connectivity index (χ0v) is 11.2. The Morgan fingerprint density at radius 3 is 2.63 bits per heavy atom. The summed E-state index contributed by atoms with van der Waals surface area (Å²) in [5.74, 6) is 1.36. The fourth-order valence-electron chi connectivity index (χ4n) is 1.97. The first kappa shape index (κ1) is 12.9. The number of nitrogens with zero attached hydrogens (tertiary/aromatic N) is 3. The minimum atomic E-state index is -0.299. The van der Waals surface area contributed by atoms with Gasteiger partial charge in [0, 0.05) is 12.6 Å². The van der Waals surface area contributed by atoms with Crippen molar-refractivity contribution >= 4 is 11.7 Å². The zero-order chi connectivity index (χ0) is 14.2. The number of hydrogen-bond acceptors (Lipinski definition) is 4. The highest BCUT2D eigenvalue weighted by molar-refractivity contribution is 6.06. The summed E-state index contributed by atoms with van der Waals surface area (Å²) in [7, 11) is 1.66. The Morgan fingerprint density at radius 2 is 2.11 bits per heavy atom. The van der Waals surface area contributed by atoms with Crippen LogP contribution in [0, 0.1) is 32.1 Å². The fourth-order valence-corrected chi connectivity index (χ4v) is 1.97. The van der Waals surface area contributed by atoms with Crippen LogP contribution in [0.25, 0.3) is 0 Å². The molecular weight excluding hydrogens is 244 g/mol. The maximum Gasteiger partial charge on any atom is 0.260 e. The number of furan rings is 1. The van der Waals surface area contributed by atoms with Crippen molar-refractivity contribution in [3.63, 3.8) is 0 Å². The summed E-state index contributed by atoms with van der Waals surface area (Å²) in [6.45, 7) is 5.38. The number of carbonyl (C=O) groups excluding carboxylic acids is 1. The Kier molecular flexibility index (Phi) is 3.13. The second kappa shape index (κ2) is 4.61. The first-order valence-electron chi connectivity index (χ1n) is 5.75. The summed E-state index contributed by atoms with van der Waals surface area (Å²) in [4.78, 5) is 12.3. The highest BCUT2D eigenvalue weighted by atomic mass is 16.3. The van der Waals surface area contributed by atoms with Crippen LogP contribution in [-0.2, 0) is 7.05 Å². The zero-order valence-electron chi connectivity index (χ0n) is 11.2. The lowest BCUT2D eigenvalue weighted by atomic mass is 10.1. The number of nitrogens with one attached hydrogen (secondary N) is 1. The Hall–Kier alpha value is -2.55. The SMILES string of the molecule is Cc1oc(C)c(C(=O)Nc2c(C#N)cnn2C)c1C. The van der Waals surface area contributed by atoms with Crippen LogP contribution in [-0.4, -0.2) is 15.7 Å². The van der Waals surface area contributed by atoms with Gasteiger partial charge in [-0.1, -0.05) is 0 Å². The third-order valence-electron chi connectivity index (χ3n) is 3.08. The first-order valence-corrected chi connectivity index (χ1v) is 5.75. The third kappa shape index (κ3) is 2.10. The van der Waals surface area contributed by atoms with E-state index in [0.29, 0.717) is 28.5 Å². The molecule has 2 aromatic rings. The van der Waals surface area contributed by atoms with E-state index < -0.39 is 0 Å². The normalized spacial score (nSPS) is 10.3. The molecule has 0 unspecified atom stereocenters. The van der Waals surface area contributed by atoms with Gasteiger partial charge in [-0.2, -0.15) is 10.4 Å². The summed E-state index contributed by atoms with van der Waals surface area (Å²) in [5, 5.41) is 15.6. The van der Waals surface area contributed by atoms with Gasteiger partial charge in [0.05, 0.1) is 11.8 Å². The minimum Gasteiger partial charge on any atom is -0.466 e. The van der Waals surface area contributed by atoms with Crippen LogP contribution >= 0.6 is 0 Å². The molecule has 19 heavy (non-hydrogen) atoms. The molecule has 0 fully saturated rings. The molecule has 1 N–H and O–H groups in total. The van der Waals surface area contributed by atoms with Crippen molar-refractivity contribution in [2.24, 2.45) is 7.05 Å². The highest BCUT2D eigenvalue weighted by Gasteiger charge is 2.20. The van der Waals surface area contributed by atoms with Crippen molar-refractivity contribution in [2.75, 3.05) is 5.32 Å². The molecule has 6 heteroatoms. The third-order valence-corrected chi connectivity index (χ3v) is 3.08. The Bertz CT molecular complexity index is 688. The van der Waals surface area contributed by atoms with Crippen molar-refractivity contribution in [3.05, 3.63) is 34.4 Å². The maximum absolute atomic E-state index is 12.3. The van der Waals surface area contributed by atoms with Crippen LogP contribution in [0.2, 0.25) is 0 Å². The van der Waals surface area contributed by atoms with Crippen LogP contribution in [0.1, 0.15) is 33.0 Å². The van der Waals surface area contributed by atoms with E-state index in [9.17, 15) is 4.79 Å². The molecule has 0 bridgehead atoms. The van der Waals surface area contributed by atoms with E-state index in [1.807, 2.05) is 19.9 Å². The van der Waals surface area contributed by atoms with Crippen molar-refractivity contribution < 1.29 is 9.21 Å². The predicted molar refractivity (Wildman–Crippen MR) is 68.8 cm³/mol. The van der Waals surface area contributed by atoms with Gasteiger partial charge in [-0.05, 0) is 20.8 Å². The lowest BCUT2D eigenvalue weighted by molar-refractivity contribution is 0.102. The van der Waals surface area contributed by atoms with Gasteiger partial charge in [0.1, 0.15) is 29.0 Å². The smallest absolute Gasteiger partial charge is 0.260 e. The number of amides is 1. The number of aromatic nitrogens is 2. The molecule has 0 radical (unpaired) electrons. The molecule has 6 nitrogen and oxygen atoms in total. The number of nitriles is 1. The quantitative estimate of drug-likeness (QED) is 0.893. The summed E-state index contributed by atoms with van der Waals surface area (Å²) >= 11 is 0. The molecule has 0 aliphatic heterocycles. The van der Waals surface area contributed by atoms with E-state index in [0.717, 1.165) is 5.56 Å². The molecule has 2 aromatic heterocycles. The molecule has 0 aliphatic carbocycles. The molecule has 0 saturated carbocycles. The van der Waals surface area contributed by atoms with Crippen LogP contribution in [0.5, 0.6) is 0 Å². The second-order valence-electron chi connectivity index (χ2n) is 4.31. The van der Waals surface area contributed by atoms with Gasteiger partial charge in [-0.15, -0.1) is 0 Å². The lowest BCUT2D eigenvalue weighted by Gasteiger charge is -2.06. The van der Waals surface area contributed by atoms with Crippen LogP contribution in [0.3, 0.4) is 0 Å². The Balaban J connectivity index is 2.37. The van der Waals surface area contributed by atoms with E-state index in [1.165, 1.54) is 10.9 Å². The summed E-state index contributed by atoms with van der Waals surface area (Å²) in [5.41, 5.74) is 1.63. The standard InChI is InChI=1S/C13H14N4O2/c1-7-8(2)19-9(3)11(7)13(18)16-12-10(5-14)6-15-17(12)4/h6H,1-4H3,(H,16,18). The van der Waals surface area contributed by atoms with Gasteiger partial charge >= 0.3 is 0 Å². The van der Waals surface area contributed by atoms with Crippen LogP contribution in [0.4, 0.5) is 5.82 Å². The van der Waals surface area contributed by atoms with Crippen molar-refractivity contribution in [1.29, 1.82) is 5.26 Å². The fraction of sp³-hybridized carbons (Fsp3) is 0.308. The molecule has 98 valence electrons. The minimum absolute atomic E-state index is 0.299. The molecule has 0 aliphatic rings. The molecule has 1 amide bonds. The topological polar surface area (TPSA) is 83.8 Å². The molecular formula is C13H14N4O2. The number of rotatable bonds is 2. The number of anilines is 1. The van der Waals surface area contributed by atoms with E-state index in [1.54, 1.807) is 14.0 Å². The van der Waals surface area contributed by atoms with E-state index in [-0.39, 0.29) is 5.91 Å². The number of carbonyl (C=O) groups is 1. The van der Waals surface area contributed by atoms with Gasteiger partial charge < -0.3 is 9.73 Å². The monoisotopic (exact) mass is 258 g/mol. The number of aryl methyl sites for hydroxylation is 3. The highest BCUT2D eigenvalue weighted by Crippen LogP contribution is 2.22. The largest absolute Gasteiger partial charge is 0.466 e. The average molecular weight is 258 g/mol. The van der Waals surface area contributed by atoms with Crippen molar-refractivity contribution in [1.82, 2.24) is 9.78 Å². The molecule has 0 aromatic carbocycles. The molecule has 2 heterocycles. The maximum atomic E-state index is 12.3. The van der Waals surface area contributed by atoms with E-state index in [4.69, 9.17) is 9.68 Å². The van der Waals surface area contributed by atoms with E-state index >= 15 is 0 Å². The average Bonchev–Trinajstić information content (AvgIpc) is 2.81. The number of hydrogen-bond donors (Lipinski definition) is 1. The summed E-state index contributed by atoms with van der Waals surface area (Å²) in [6.07, 6.45) is 1.41. The molecule has 0 spiro atoms. The first-order chi connectivity index (χ1) is 8.95. The van der Waals surface area contributed by atoms with Crippen molar-refractivity contribution in [2.45, 2.75) is 20.8 Å².